The molecule has 19 heavy (non-hydrogen) atoms. The lowest BCUT2D eigenvalue weighted by atomic mass is 9.89. The number of carbonyl (C=O) groups is 1. The lowest BCUT2D eigenvalue weighted by Crippen LogP contribution is -2.36. The summed E-state index contributed by atoms with van der Waals surface area (Å²) >= 11 is 0. The number of rotatable bonds is 6. The Labute approximate surface area is 115 Å². The highest BCUT2D eigenvalue weighted by atomic mass is 16.1. The molecule has 1 amide bonds. The highest BCUT2D eigenvalue weighted by Gasteiger charge is 2.13. The van der Waals surface area contributed by atoms with E-state index in [1.54, 1.807) is 0 Å². The molecule has 1 aliphatic carbocycles. The maximum Gasteiger partial charge on any atom is 0.234 e. The van der Waals surface area contributed by atoms with Crippen LogP contribution in [0.1, 0.15) is 37.7 Å². The molecule has 1 fully saturated rings. The van der Waals surface area contributed by atoms with Crippen LogP contribution in [0, 0.1) is 5.92 Å². The van der Waals surface area contributed by atoms with Crippen LogP contribution in [-0.4, -0.2) is 19.0 Å². The van der Waals surface area contributed by atoms with Gasteiger partial charge in [-0.3, -0.25) is 4.79 Å². The van der Waals surface area contributed by atoms with E-state index in [0.29, 0.717) is 13.1 Å². The van der Waals surface area contributed by atoms with Crippen LogP contribution in [-0.2, 0) is 11.3 Å². The first-order chi connectivity index (χ1) is 9.34. The van der Waals surface area contributed by atoms with E-state index in [0.717, 1.165) is 18.0 Å². The van der Waals surface area contributed by atoms with Crippen molar-refractivity contribution in [3.63, 3.8) is 0 Å². The number of carbonyl (C=O) groups excluding carboxylic acids is 1. The third kappa shape index (κ3) is 5.43. The number of amides is 1. The first-order valence-electron chi connectivity index (χ1n) is 7.36. The maximum atomic E-state index is 11.7. The Kier molecular flexibility index (Phi) is 5.89. The van der Waals surface area contributed by atoms with Gasteiger partial charge in [0.25, 0.3) is 0 Å². The van der Waals surface area contributed by atoms with E-state index in [9.17, 15) is 4.79 Å². The zero-order chi connectivity index (χ0) is 13.3. The summed E-state index contributed by atoms with van der Waals surface area (Å²) in [6.07, 6.45) is 6.73. The molecule has 2 N–H and O–H groups in total. The fraction of sp³-hybridized carbons (Fsp3) is 0.562. The van der Waals surface area contributed by atoms with Crippen molar-refractivity contribution >= 4 is 5.91 Å². The first-order valence-corrected chi connectivity index (χ1v) is 7.36. The SMILES string of the molecule is O=C(CNCC1CCCCC1)NCc1ccccc1. The smallest absolute Gasteiger partial charge is 0.234 e. The Morgan fingerprint density at radius 3 is 2.58 bits per heavy atom. The van der Waals surface area contributed by atoms with Crippen molar-refractivity contribution in [2.75, 3.05) is 13.1 Å². The van der Waals surface area contributed by atoms with Gasteiger partial charge in [-0.1, -0.05) is 49.6 Å². The summed E-state index contributed by atoms with van der Waals surface area (Å²) in [6.45, 7) is 2.03. The van der Waals surface area contributed by atoms with E-state index in [4.69, 9.17) is 0 Å². The molecule has 0 heterocycles. The summed E-state index contributed by atoms with van der Waals surface area (Å²) in [7, 11) is 0. The minimum absolute atomic E-state index is 0.0830. The van der Waals surface area contributed by atoms with Crippen molar-refractivity contribution in [3.8, 4) is 0 Å². The summed E-state index contributed by atoms with van der Waals surface area (Å²) in [5.41, 5.74) is 1.14. The van der Waals surface area contributed by atoms with Gasteiger partial charge in [-0.2, -0.15) is 0 Å². The first kappa shape index (κ1) is 14.1. The lowest BCUT2D eigenvalue weighted by molar-refractivity contribution is -0.120. The van der Waals surface area contributed by atoms with Crippen molar-refractivity contribution < 1.29 is 4.79 Å². The molecule has 0 saturated heterocycles. The summed E-state index contributed by atoms with van der Waals surface area (Å²) in [5.74, 6) is 0.857. The summed E-state index contributed by atoms with van der Waals surface area (Å²) in [6, 6.07) is 10.0. The number of hydrogen-bond donors (Lipinski definition) is 2. The molecule has 1 aliphatic rings. The van der Waals surface area contributed by atoms with Gasteiger partial charge in [0.05, 0.1) is 6.54 Å². The van der Waals surface area contributed by atoms with Gasteiger partial charge in [0.2, 0.25) is 5.91 Å². The zero-order valence-corrected chi connectivity index (χ0v) is 11.5. The monoisotopic (exact) mass is 260 g/mol. The van der Waals surface area contributed by atoms with Crippen molar-refractivity contribution in [1.82, 2.24) is 10.6 Å². The highest BCUT2D eigenvalue weighted by molar-refractivity contribution is 5.77. The Morgan fingerprint density at radius 2 is 1.84 bits per heavy atom. The van der Waals surface area contributed by atoms with E-state index in [2.05, 4.69) is 10.6 Å². The molecule has 0 bridgehead atoms. The summed E-state index contributed by atoms with van der Waals surface area (Å²) < 4.78 is 0. The van der Waals surface area contributed by atoms with Gasteiger partial charge in [-0.15, -0.1) is 0 Å². The molecular formula is C16H24N2O. The Morgan fingerprint density at radius 1 is 1.11 bits per heavy atom. The van der Waals surface area contributed by atoms with Gasteiger partial charge in [-0.05, 0) is 30.9 Å². The van der Waals surface area contributed by atoms with Crippen LogP contribution in [0.4, 0.5) is 0 Å². The largest absolute Gasteiger partial charge is 0.351 e. The molecule has 0 unspecified atom stereocenters. The second kappa shape index (κ2) is 7.95. The van der Waals surface area contributed by atoms with Crippen molar-refractivity contribution in [2.45, 2.75) is 38.6 Å². The molecule has 0 spiro atoms. The standard InChI is InChI=1S/C16H24N2O/c19-16(18-12-15-9-5-2-6-10-15)13-17-11-14-7-3-1-4-8-14/h2,5-6,9-10,14,17H,1,3-4,7-8,11-13H2,(H,18,19). The molecule has 3 nitrogen and oxygen atoms in total. The highest BCUT2D eigenvalue weighted by Crippen LogP contribution is 2.22. The van der Waals surface area contributed by atoms with Crippen molar-refractivity contribution in [3.05, 3.63) is 35.9 Å². The molecule has 0 radical (unpaired) electrons. The Hall–Kier alpha value is -1.35. The second-order valence-corrected chi connectivity index (χ2v) is 5.40. The summed E-state index contributed by atoms with van der Waals surface area (Å²) in [5, 5.41) is 6.21. The average Bonchev–Trinajstić information content (AvgIpc) is 2.47. The predicted molar refractivity (Wildman–Crippen MR) is 77.7 cm³/mol. The fourth-order valence-electron chi connectivity index (χ4n) is 2.64. The minimum Gasteiger partial charge on any atom is -0.351 e. The van der Waals surface area contributed by atoms with E-state index < -0.39 is 0 Å². The van der Waals surface area contributed by atoms with E-state index in [-0.39, 0.29) is 5.91 Å². The molecule has 2 rings (SSSR count). The topological polar surface area (TPSA) is 41.1 Å². The normalized spacial score (nSPS) is 16.2. The number of hydrogen-bond acceptors (Lipinski definition) is 2. The third-order valence-corrected chi connectivity index (χ3v) is 3.78. The quantitative estimate of drug-likeness (QED) is 0.825. The van der Waals surface area contributed by atoms with Crippen LogP contribution in [0.5, 0.6) is 0 Å². The van der Waals surface area contributed by atoms with Gasteiger partial charge in [0, 0.05) is 6.54 Å². The van der Waals surface area contributed by atoms with Gasteiger partial charge in [0.15, 0.2) is 0 Å². The molecule has 104 valence electrons. The third-order valence-electron chi connectivity index (χ3n) is 3.78. The minimum atomic E-state index is 0.0830. The molecule has 1 saturated carbocycles. The van der Waals surface area contributed by atoms with Gasteiger partial charge < -0.3 is 10.6 Å². The second-order valence-electron chi connectivity index (χ2n) is 5.40. The van der Waals surface area contributed by atoms with Crippen LogP contribution in [0.15, 0.2) is 30.3 Å². The summed E-state index contributed by atoms with van der Waals surface area (Å²) in [4.78, 5) is 11.7. The van der Waals surface area contributed by atoms with Crippen molar-refractivity contribution in [2.24, 2.45) is 5.92 Å². The number of nitrogens with one attached hydrogen (secondary N) is 2. The number of benzene rings is 1. The van der Waals surface area contributed by atoms with Crippen LogP contribution >= 0.6 is 0 Å². The van der Waals surface area contributed by atoms with Crippen molar-refractivity contribution in [1.29, 1.82) is 0 Å². The average molecular weight is 260 g/mol. The molecular weight excluding hydrogens is 236 g/mol. The van der Waals surface area contributed by atoms with E-state index in [1.165, 1.54) is 32.1 Å². The fourth-order valence-corrected chi connectivity index (χ4v) is 2.64. The Bertz CT molecular complexity index is 372. The predicted octanol–water partition coefficient (Wildman–Crippen LogP) is 2.47. The molecule has 1 aromatic carbocycles. The zero-order valence-electron chi connectivity index (χ0n) is 11.5. The Balaban J connectivity index is 1.57. The van der Waals surface area contributed by atoms with Gasteiger partial charge >= 0.3 is 0 Å². The van der Waals surface area contributed by atoms with Gasteiger partial charge in [0.1, 0.15) is 0 Å². The molecule has 0 aromatic heterocycles. The molecule has 3 heteroatoms. The van der Waals surface area contributed by atoms with E-state index in [1.807, 2.05) is 30.3 Å². The molecule has 1 aromatic rings. The van der Waals surface area contributed by atoms with Crippen LogP contribution in [0.2, 0.25) is 0 Å². The van der Waals surface area contributed by atoms with Crippen LogP contribution in [0.25, 0.3) is 0 Å². The van der Waals surface area contributed by atoms with Crippen LogP contribution in [0.3, 0.4) is 0 Å². The molecule has 0 atom stereocenters. The lowest BCUT2D eigenvalue weighted by Gasteiger charge is -2.21. The maximum absolute atomic E-state index is 11.7. The van der Waals surface area contributed by atoms with Crippen LogP contribution < -0.4 is 10.6 Å². The molecule has 0 aliphatic heterocycles. The van der Waals surface area contributed by atoms with E-state index >= 15 is 0 Å². The van der Waals surface area contributed by atoms with Gasteiger partial charge in [-0.25, -0.2) is 0 Å².